The lowest BCUT2D eigenvalue weighted by Crippen LogP contribution is -2.22. The zero-order valence-electron chi connectivity index (χ0n) is 16.6. The molecule has 4 aromatic rings. The van der Waals surface area contributed by atoms with Crippen molar-refractivity contribution in [2.75, 3.05) is 11.9 Å². The number of aromatic nitrogens is 1. The molecule has 0 radical (unpaired) electrons. The maximum Gasteiger partial charge on any atom is 0.339 e. The van der Waals surface area contributed by atoms with E-state index in [0.717, 1.165) is 15.8 Å². The van der Waals surface area contributed by atoms with Crippen molar-refractivity contribution in [1.82, 2.24) is 4.98 Å². The van der Waals surface area contributed by atoms with E-state index in [1.807, 2.05) is 31.2 Å². The van der Waals surface area contributed by atoms with Crippen LogP contribution in [0.4, 0.5) is 5.13 Å². The van der Waals surface area contributed by atoms with Gasteiger partial charge >= 0.3 is 5.97 Å². The van der Waals surface area contributed by atoms with Crippen molar-refractivity contribution >= 4 is 44.3 Å². The Kier molecular flexibility index (Phi) is 5.86. The van der Waals surface area contributed by atoms with E-state index in [2.05, 4.69) is 10.3 Å². The first kappa shape index (κ1) is 20.4. The lowest BCUT2D eigenvalue weighted by molar-refractivity contribution is -0.119. The lowest BCUT2D eigenvalue weighted by atomic mass is 9.98. The summed E-state index contributed by atoms with van der Waals surface area (Å²) in [5.41, 5.74) is 2.69. The number of esters is 1. The topological polar surface area (TPSA) is 85.4 Å². The van der Waals surface area contributed by atoms with Gasteiger partial charge in [0.2, 0.25) is 0 Å². The number of aryl methyl sites for hydroxylation is 1. The second kappa shape index (κ2) is 8.89. The first-order valence-corrected chi connectivity index (χ1v) is 10.4. The van der Waals surface area contributed by atoms with Crippen LogP contribution in [0, 0.1) is 6.92 Å². The van der Waals surface area contributed by atoms with Crippen LogP contribution in [0.25, 0.3) is 10.2 Å². The SMILES string of the molecule is Cc1ccc2nc(NC(=O)COC(=O)c3ccccc3C(=O)c3ccccc3)sc2c1. The van der Waals surface area contributed by atoms with Crippen molar-refractivity contribution in [3.05, 3.63) is 95.1 Å². The van der Waals surface area contributed by atoms with Gasteiger partial charge in [0.05, 0.1) is 15.8 Å². The third-order valence-electron chi connectivity index (χ3n) is 4.55. The first-order valence-electron chi connectivity index (χ1n) is 9.54. The Morgan fingerprint density at radius 2 is 1.65 bits per heavy atom. The van der Waals surface area contributed by atoms with Crippen molar-refractivity contribution in [3.63, 3.8) is 0 Å². The molecule has 0 aliphatic rings. The van der Waals surface area contributed by atoms with Crippen LogP contribution in [-0.2, 0) is 9.53 Å². The number of thiazole rings is 1. The molecule has 0 atom stereocenters. The van der Waals surface area contributed by atoms with Crippen LogP contribution in [0.5, 0.6) is 0 Å². The number of hydrogen-bond acceptors (Lipinski definition) is 6. The molecule has 0 aliphatic heterocycles. The summed E-state index contributed by atoms with van der Waals surface area (Å²) in [4.78, 5) is 41.9. The third-order valence-corrected chi connectivity index (χ3v) is 5.49. The molecular weight excluding hydrogens is 412 g/mol. The van der Waals surface area contributed by atoms with Crippen molar-refractivity contribution in [2.45, 2.75) is 6.92 Å². The van der Waals surface area contributed by atoms with Gasteiger partial charge in [-0.3, -0.25) is 14.9 Å². The fourth-order valence-electron chi connectivity index (χ4n) is 3.05. The van der Waals surface area contributed by atoms with E-state index in [1.165, 1.54) is 17.4 Å². The molecule has 154 valence electrons. The van der Waals surface area contributed by atoms with E-state index in [-0.39, 0.29) is 16.9 Å². The number of ketones is 1. The Labute approximate surface area is 182 Å². The lowest BCUT2D eigenvalue weighted by Gasteiger charge is -2.09. The molecule has 7 heteroatoms. The van der Waals surface area contributed by atoms with E-state index in [1.54, 1.807) is 42.5 Å². The number of amides is 1. The minimum Gasteiger partial charge on any atom is -0.452 e. The normalized spacial score (nSPS) is 10.6. The Hall–Kier alpha value is -3.84. The van der Waals surface area contributed by atoms with E-state index in [4.69, 9.17) is 4.74 Å². The number of nitrogens with zero attached hydrogens (tertiary/aromatic N) is 1. The van der Waals surface area contributed by atoms with Crippen LogP contribution >= 0.6 is 11.3 Å². The van der Waals surface area contributed by atoms with Crippen molar-refractivity contribution in [2.24, 2.45) is 0 Å². The summed E-state index contributed by atoms with van der Waals surface area (Å²) in [6, 6.07) is 20.9. The zero-order chi connectivity index (χ0) is 21.8. The first-order chi connectivity index (χ1) is 15.0. The quantitative estimate of drug-likeness (QED) is 0.356. The Morgan fingerprint density at radius 3 is 2.42 bits per heavy atom. The summed E-state index contributed by atoms with van der Waals surface area (Å²) < 4.78 is 6.11. The monoisotopic (exact) mass is 430 g/mol. The van der Waals surface area contributed by atoms with Gasteiger partial charge in [0.1, 0.15) is 0 Å². The predicted octanol–water partition coefficient (Wildman–Crippen LogP) is 4.63. The number of anilines is 1. The maximum atomic E-state index is 12.8. The minimum absolute atomic E-state index is 0.111. The number of ether oxygens (including phenoxy) is 1. The molecule has 1 heterocycles. The van der Waals surface area contributed by atoms with Crippen LogP contribution < -0.4 is 5.32 Å². The molecule has 0 bridgehead atoms. The van der Waals surface area contributed by atoms with Gasteiger partial charge in [0.25, 0.3) is 5.91 Å². The Bertz CT molecular complexity index is 1280. The fourth-order valence-corrected chi connectivity index (χ4v) is 4.03. The summed E-state index contributed by atoms with van der Waals surface area (Å²) in [5, 5.41) is 3.08. The Balaban J connectivity index is 1.42. The van der Waals surface area contributed by atoms with Gasteiger partial charge < -0.3 is 4.74 Å². The van der Waals surface area contributed by atoms with Gasteiger partial charge in [-0.05, 0) is 30.7 Å². The van der Waals surface area contributed by atoms with E-state index >= 15 is 0 Å². The molecule has 31 heavy (non-hydrogen) atoms. The number of benzene rings is 3. The second-order valence-electron chi connectivity index (χ2n) is 6.86. The molecular formula is C24H18N2O4S. The molecule has 0 saturated heterocycles. The minimum atomic E-state index is -0.741. The highest BCUT2D eigenvalue weighted by Gasteiger charge is 2.20. The molecule has 1 N–H and O–H groups in total. The highest BCUT2D eigenvalue weighted by molar-refractivity contribution is 7.22. The van der Waals surface area contributed by atoms with Crippen LogP contribution in [0.1, 0.15) is 31.8 Å². The number of nitrogens with one attached hydrogen (secondary N) is 1. The largest absolute Gasteiger partial charge is 0.452 e. The maximum absolute atomic E-state index is 12.8. The van der Waals surface area contributed by atoms with Crippen LogP contribution in [-0.4, -0.2) is 29.3 Å². The smallest absolute Gasteiger partial charge is 0.339 e. The summed E-state index contributed by atoms with van der Waals surface area (Å²) in [6.45, 7) is 1.50. The van der Waals surface area contributed by atoms with E-state index in [9.17, 15) is 14.4 Å². The van der Waals surface area contributed by atoms with Crippen LogP contribution in [0.3, 0.4) is 0 Å². The van der Waals surface area contributed by atoms with Crippen molar-refractivity contribution < 1.29 is 19.1 Å². The molecule has 0 fully saturated rings. The number of hydrogen-bond donors (Lipinski definition) is 1. The molecule has 1 amide bonds. The summed E-state index contributed by atoms with van der Waals surface area (Å²) >= 11 is 1.35. The number of fused-ring (bicyclic) bond motifs is 1. The molecule has 0 spiro atoms. The summed E-state index contributed by atoms with van der Waals surface area (Å²) in [6.07, 6.45) is 0. The van der Waals surface area contributed by atoms with E-state index in [0.29, 0.717) is 10.7 Å². The zero-order valence-corrected chi connectivity index (χ0v) is 17.4. The second-order valence-corrected chi connectivity index (χ2v) is 7.89. The Morgan fingerprint density at radius 1 is 0.935 bits per heavy atom. The molecule has 0 saturated carbocycles. The molecule has 1 aromatic heterocycles. The van der Waals surface area contributed by atoms with Crippen LogP contribution in [0.2, 0.25) is 0 Å². The number of carbonyl (C=O) groups excluding carboxylic acids is 3. The average molecular weight is 430 g/mol. The standard InChI is InChI=1S/C24H18N2O4S/c1-15-11-12-19-20(13-15)31-24(25-19)26-21(27)14-30-23(29)18-10-6-5-9-17(18)22(28)16-7-3-2-4-8-16/h2-13H,14H2,1H3,(H,25,26,27). The van der Waals surface area contributed by atoms with Gasteiger partial charge in [0, 0.05) is 11.1 Å². The molecule has 0 unspecified atom stereocenters. The summed E-state index contributed by atoms with van der Waals surface area (Å²) in [5.74, 6) is -1.53. The van der Waals surface area contributed by atoms with Gasteiger partial charge in [-0.25, -0.2) is 9.78 Å². The molecule has 0 aliphatic carbocycles. The third kappa shape index (κ3) is 4.67. The average Bonchev–Trinajstić information content (AvgIpc) is 3.18. The molecule has 6 nitrogen and oxygen atoms in total. The fraction of sp³-hybridized carbons (Fsp3) is 0.0833. The highest BCUT2D eigenvalue weighted by atomic mass is 32.1. The van der Waals surface area contributed by atoms with Crippen molar-refractivity contribution in [3.8, 4) is 0 Å². The van der Waals surface area contributed by atoms with Crippen molar-refractivity contribution in [1.29, 1.82) is 0 Å². The number of carbonyl (C=O) groups is 3. The summed E-state index contributed by atoms with van der Waals surface area (Å²) in [7, 11) is 0. The van der Waals surface area contributed by atoms with Gasteiger partial charge in [-0.2, -0.15) is 0 Å². The predicted molar refractivity (Wildman–Crippen MR) is 120 cm³/mol. The van der Waals surface area contributed by atoms with Crippen LogP contribution in [0.15, 0.2) is 72.8 Å². The molecule has 4 rings (SSSR count). The van der Waals surface area contributed by atoms with Gasteiger partial charge in [-0.1, -0.05) is 65.9 Å². The molecule has 3 aromatic carbocycles. The van der Waals surface area contributed by atoms with Gasteiger partial charge in [0.15, 0.2) is 17.5 Å². The number of rotatable bonds is 6. The van der Waals surface area contributed by atoms with Gasteiger partial charge in [-0.15, -0.1) is 0 Å². The van der Waals surface area contributed by atoms with E-state index < -0.39 is 18.5 Å². The highest BCUT2D eigenvalue weighted by Crippen LogP contribution is 2.26.